The Hall–Kier alpha value is -1.92. The first kappa shape index (κ1) is 23.7. The van der Waals surface area contributed by atoms with Crippen molar-refractivity contribution < 1.29 is 9.59 Å². The molecule has 1 saturated carbocycles. The van der Waals surface area contributed by atoms with Crippen LogP contribution in [0.5, 0.6) is 0 Å². The van der Waals surface area contributed by atoms with Crippen LogP contribution in [0.15, 0.2) is 24.3 Å². The van der Waals surface area contributed by atoms with Gasteiger partial charge in [-0.05, 0) is 50.4 Å². The smallest absolute Gasteiger partial charge is 0.254 e. The third-order valence-electron chi connectivity index (χ3n) is 7.11. The molecule has 1 aromatic rings. The number of rotatable bonds is 9. The number of piperazine rings is 1. The molecule has 2 aliphatic rings. The van der Waals surface area contributed by atoms with Crippen LogP contribution in [-0.2, 0) is 4.79 Å². The fraction of sp³-hybridized carbons (Fsp3) is 0.680. The Kier molecular flexibility index (Phi) is 8.90. The number of carbonyl (C=O) groups is 2. The molecule has 1 aliphatic heterocycles. The zero-order valence-electron chi connectivity index (χ0n) is 19.6. The SMILES string of the molecule is CCN(CC)CCNC(=O)[C@H](C1CCCC1)N1CCN(C(=O)c2ccccc2C)CC1. The number of hydrogen-bond acceptors (Lipinski definition) is 4. The number of amides is 2. The normalized spacial score (nSPS) is 19.0. The predicted octanol–water partition coefficient (Wildman–Crippen LogP) is 2.77. The van der Waals surface area contributed by atoms with Crippen LogP contribution in [0.2, 0.25) is 0 Å². The van der Waals surface area contributed by atoms with Gasteiger partial charge in [0, 0.05) is 44.8 Å². The molecule has 6 nitrogen and oxygen atoms in total. The number of hydrogen-bond donors (Lipinski definition) is 1. The summed E-state index contributed by atoms with van der Waals surface area (Å²) in [6.45, 7) is 12.8. The molecule has 31 heavy (non-hydrogen) atoms. The molecule has 2 fully saturated rings. The zero-order valence-corrected chi connectivity index (χ0v) is 19.6. The van der Waals surface area contributed by atoms with Gasteiger partial charge in [0.15, 0.2) is 0 Å². The van der Waals surface area contributed by atoms with E-state index in [9.17, 15) is 9.59 Å². The fourth-order valence-electron chi connectivity index (χ4n) is 5.12. The molecule has 1 saturated heterocycles. The second-order valence-corrected chi connectivity index (χ2v) is 8.95. The summed E-state index contributed by atoms with van der Waals surface area (Å²) in [7, 11) is 0. The van der Waals surface area contributed by atoms with Crippen molar-refractivity contribution in [2.24, 2.45) is 5.92 Å². The van der Waals surface area contributed by atoms with E-state index < -0.39 is 0 Å². The summed E-state index contributed by atoms with van der Waals surface area (Å²) in [5.41, 5.74) is 1.81. The Labute approximate surface area is 188 Å². The van der Waals surface area contributed by atoms with Gasteiger partial charge in [0.2, 0.25) is 5.91 Å². The molecule has 3 rings (SSSR count). The fourth-order valence-corrected chi connectivity index (χ4v) is 5.12. The molecule has 1 aliphatic carbocycles. The van der Waals surface area contributed by atoms with Crippen LogP contribution in [0.1, 0.15) is 55.5 Å². The molecule has 1 heterocycles. The predicted molar refractivity (Wildman–Crippen MR) is 125 cm³/mol. The minimum atomic E-state index is -0.0603. The average molecular weight is 429 g/mol. The van der Waals surface area contributed by atoms with Crippen molar-refractivity contribution in [2.45, 2.75) is 52.5 Å². The van der Waals surface area contributed by atoms with E-state index in [1.807, 2.05) is 36.1 Å². The van der Waals surface area contributed by atoms with Crippen molar-refractivity contribution in [3.8, 4) is 0 Å². The standard InChI is InChI=1S/C25H40N4O2/c1-4-27(5-2)15-14-26-24(30)23(21-11-7-8-12-21)28-16-18-29(19-17-28)25(31)22-13-9-6-10-20(22)3/h6,9-10,13,21,23H,4-5,7-8,11-12,14-19H2,1-3H3,(H,26,30)/t23-/m0/s1. The quantitative estimate of drug-likeness (QED) is 0.657. The minimum absolute atomic E-state index is 0.0603. The topological polar surface area (TPSA) is 55.9 Å². The van der Waals surface area contributed by atoms with Crippen LogP contribution in [0.3, 0.4) is 0 Å². The second-order valence-electron chi connectivity index (χ2n) is 8.95. The highest BCUT2D eigenvalue weighted by Crippen LogP contribution is 2.31. The van der Waals surface area contributed by atoms with E-state index in [2.05, 4.69) is 29.0 Å². The molecule has 0 spiro atoms. The number of likely N-dealkylation sites (N-methyl/N-ethyl adjacent to an activating group) is 1. The van der Waals surface area contributed by atoms with Crippen LogP contribution in [-0.4, -0.2) is 84.9 Å². The highest BCUT2D eigenvalue weighted by Gasteiger charge is 2.37. The van der Waals surface area contributed by atoms with Gasteiger partial charge < -0.3 is 15.1 Å². The maximum atomic E-state index is 13.2. The Morgan fingerprint density at radius 1 is 1.06 bits per heavy atom. The van der Waals surface area contributed by atoms with Crippen molar-refractivity contribution in [3.63, 3.8) is 0 Å². The van der Waals surface area contributed by atoms with Gasteiger partial charge in [0.25, 0.3) is 5.91 Å². The summed E-state index contributed by atoms with van der Waals surface area (Å²) < 4.78 is 0. The van der Waals surface area contributed by atoms with Gasteiger partial charge in [-0.3, -0.25) is 14.5 Å². The monoisotopic (exact) mass is 428 g/mol. The molecule has 1 aromatic carbocycles. The van der Waals surface area contributed by atoms with Gasteiger partial charge in [0.05, 0.1) is 6.04 Å². The van der Waals surface area contributed by atoms with Gasteiger partial charge in [-0.2, -0.15) is 0 Å². The first-order chi connectivity index (χ1) is 15.0. The summed E-state index contributed by atoms with van der Waals surface area (Å²) in [6.07, 6.45) is 4.71. The van der Waals surface area contributed by atoms with Crippen molar-refractivity contribution in [1.82, 2.24) is 20.0 Å². The lowest BCUT2D eigenvalue weighted by molar-refractivity contribution is -0.129. The molecule has 0 aromatic heterocycles. The summed E-state index contributed by atoms with van der Waals surface area (Å²) in [5, 5.41) is 3.22. The number of benzene rings is 1. The largest absolute Gasteiger partial charge is 0.353 e. The van der Waals surface area contributed by atoms with Crippen molar-refractivity contribution in [1.29, 1.82) is 0 Å². The third kappa shape index (κ3) is 6.07. The van der Waals surface area contributed by atoms with Crippen LogP contribution in [0.25, 0.3) is 0 Å². The van der Waals surface area contributed by atoms with Crippen LogP contribution >= 0.6 is 0 Å². The Morgan fingerprint density at radius 3 is 2.32 bits per heavy atom. The van der Waals surface area contributed by atoms with E-state index >= 15 is 0 Å². The number of nitrogens with one attached hydrogen (secondary N) is 1. The van der Waals surface area contributed by atoms with E-state index in [0.717, 1.165) is 56.7 Å². The number of carbonyl (C=O) groups excluding carboxylic acids is 2. The highest BCUT2D eigenvalue weighted by molar-refractivity contribution is 5.95. The molecule has 0 bridgehead atoms. The molecule has 2 amide bonds. The maximum absolute atomic E-state index is 13.2. The van der Waals surface area contributed by atoms with Gasteiger partial charge in [-0.25, -0.2) is 0 Å². The lowest BCUT2D eigenvalue weighted by Crippen LogP contribution is -2.58. The lowest BCUT2D eigenvalue weighted by Gasteiger charge is -2.41. The van der Waals surface area contributed by atoms with Gasteiger partial charge in [-0.15, -0.1) is 0 Å². The van der Waals surface area contributed by atoms with Gasteiger partial charge >= 0.3 is 0 Å². The summed E-state index contributed by atoms with van der Waals surface area (Å²) >= 11 is 0. The Morgan fingerprint density at radius 2 is 1.71 bits per heavy atom. The van der Waals surface area contributed by atoms with Crippen molar-refractivity contribution in [3.05, 3.63) is 35.4 Å². The molecular weight excluding hydrogens is 388 g/mol. The molecule has 0 unspecified atom stereocenters. The molecule has 0 radical (unpaired) electrons. The summed E-state index contributed by atoms with van der Waals surface area (Å²) in [6, 6.07) is 7.73. The average Bonchev–Trinajstić information content (AvgIpc) is 3.31. The highest BCUT2D eigenvalue weighted by atomic mass is 16.2. The molecular formula is C25H40N4O2. The Balaban J connectivity index is 1.59. The first-order valence-corrected chi connectivity index (χ1v) is 12.1. The van der Waals surface area contributed by atoms with E-state index in [1.54, 1.807) is 0 Å². The van der Waals surface area contributed by atoms with Crippen LogP contribution < -0.4 is 5.32 Å². The van der Waals surface area contributed by atoms with Crippen molar-refractivity contribution in [2.75, 3.05) is 52.4 Å². The van der Waals surface area contributed by atoms with Crippen LogP contribution in [0, 0.1) is 12.8 Å². The molecule has 1 N–H and O–H groups in total. The first-order valence-electron chi connectivity index (χ1n) is 12.1. The molecule has 1 atom stereocenters. The van der Waals surface area contributed by atoms with Gasteiger partial charge in [-0.1, -0.05) is 44.9 Å². The summed E-state index contributed by atoms with van der Waals surface area (Å²) in [5.74, 6) is 0.726. The summed E-state index contributed by atoms with van der Waals surface area (Å²) in [4.78, 5) is 32.8. The maximum Gasteiger partial charge on any atom is 0.254 e. The minimum Gasteiger partial charge on any atom is -0.353 e. The number of aryl methyl sites for hydroxylation is 1. The lowest BCUT2D eigenvalue weighted by atomic mass is 9.95. The van der Waals surface area contributed by atoms with E-state index in [-0.39, 0.29) is 17.9 Å². The van der Waals surface area contributed by atoms with E-state index in [0.29, 0.717) is 25.6 Å². The second kappa shape index (κ2) is 11.6. The van der Waals surface area contributed by atoms with E-state index in [1.165, 1.54) is 12.8 Å². The van der Waals surface area contributed by atoms with E-state index in [4.69, 9.17) is 0 Å². The molecule has 172 valence electrons. The third-order valence-corrected chi connectivity index (χ3v) is 7.11. The van der Waals surface area contributed by atoms with Crippen LogP contribution in [0.4, 0.5) is 0 Å². The van der Waals surface area contributed by atoms with Crippen molar-refractivity contribution >= 4 is 11.8 Å². The van der Waals surface area contributed by atoms with Gasteiger partial charge in [0.1, 0.15) is 0 Å². The number of nitrogens with zero attached hydrogens (tertiary/aromatic N) is 3. The molecule has 6 heteroatoms. The zero-order chi connectivity index (χ0) is 22.2. The Bertz CT molecular complexity index is 720.